The van der Waals surface area contributed by atoms with Crippen LogP contribution in [0.2, 0.25) is 0 Å². The van der Waals surface area contributed by atoms with Gasteiger partial charge in [0.15, 0.2) is 0 Å². The minimum absolute atomic E-state index is 0.0239. The van der Waals surface area contributed by atoms with Gasteiger partial charge in [0.1, 0.15) is 0 Å². The number of carbonyl (C=O) groups is 1. The molecule has 1 amide bonds. The van der Waals surface area contributed by atoms with Crippen molar-refractivity contribution < 1.29 is 4.79 Å². The summed E-state index contributed by atoms with van der Waals surface area (Å²) < 4.78 is 0. The molecule has 98 valence electrons. The topological polar surface area (TPSA) is 29.1 Å². The Morgan fingerprint density at radius 1 is 0.947 bits per heavy atom. The van der Waals surface area contributed by atoms with Gasteiger partial charge in [-0.05, 0) is 44.0 Å². The van der Waals surface area contributed by atoms with Crippen LogP contribution in [0.3, 0.4) is 0 Å². The van der Waals surface area contributed by atoms with Crippen molar-refractivity contribution in [3.8, 4) is 0 Å². The van der Waals surface area contributed by atoms with E-state index < -0.39 is 0 Å². The Hall–Kier alpha value is -2.09. The fraction of sp³-hybridized carbons (Fsp3) is 0.235. The van der Waals surface area contributed by atoms with Crippen molar-refractivity contribution >= 4 is 11.6 Å². The first-order valence-corrected chi connectivity index (χ1v) is 6.47. The molecule has 1 N–H and O–H groups in total. The highest BCUT2D eigenvalue weighted by molar-refractivity contribution is 5.92. The van der Waals surface area contributed by atoms with Crippen LogP contribution in [-0.4, -0.2) is 5.91 Å². The average molecular weight is 253 g/mol. The number of aryl methyl sites for hydroxylation is 3. The molecule has 2 rings (SSSR count). The SMILES string of the molecule is Cc1ccc(NC(=O)Cc2ccc(C)cc2C)cc1. The molecule has 0 atom stereocenters. The number of carbonyl (C=O) groups excluding carboxylic acids is 1. The Balaban J connectivity index is 2.03. The van der Waals surface area contributed by atoms with Crippen LogP contribution in [-0.2, 0) is 11.2 Å². The number of anilines is 1. The van der Waals surface area contributed by atoms with Crippen molar-refractivity contribution in [2.75, 3.05) is 5.32 Å². The Kier molecular flexibility index (Phi) is 4.00. The van der Waals surface area contributed by atoms with Crippen LogP contribution in [0.5, 0.6) is 0 Å². The lowest BCUT2D eigenvalue weighted by Crippen LogP contribution is -2.15. The zero-order valence-electron chi connectivity index (χ0n) is 11.7. The number of nitrogens with one attached hydrogen (secondary N) is 1. The summed E-state index contributed by atoms with van der Waals surface area (Å²) in [7, 11) is 0. The predicted octanol–water partition coefficient (Wildman–Crippen LogP) is 3.79. The number of hydrogen-bond donors (Lipinski definition) is 1. The third kappa shape index (κ3) is 3.68. The second-order valence-corrected chi connectivity index (χ2v) is 5.02. The van der Waals surface area contributed by atoms with E-state index in [-0.39, 0.29) is 5.91 Å². The maximum absolute atomic E-state index is 12.0. The Morgan fingerprint density at radius 2 is 1.58 bits per heavy atom. The van der Waals surface area contributed by atoms with Crippen molar-refractivity contribution in [2.24, 2.45) is 0 Å². The number of amides is 1. The van der Waals surface area contributed by atoms with Gasteiger partial charge >= 0.3 is 0 Å². The molecule has 2 aromatic rings. The molecule has 0 aromatic heterocycles. The van der Waals surface area contributed by atoms with E-state index in [0.29, 0.717) is 6.42 Å². The van der Waals surface area contributed by atoms with E-state index >= 15 is 0 Å². The molecule has 2 heteroatoms. The van der Waals surface area contributed by atoms with E-state index in [1.807, 2.05) is 50.2 Å². The van der Waals surface area contributed by atoms with Crippen LogP contribution in [0.4, 0.5) is 5.69 Å². The summed E-state index contributed by atoms with van der Waals surface area (Å²) in [5.41, 5.74) is 5.50. The third-order valence-electron chi connectivity index (χ3n) is 3.18. The molecule has 0 unspecified atom stereocenters. The number of benzene rings is 2. The van der Waals surface area contributed by atoms with Gasteiger partial charge < -0.3 is 5.32 Å². The largest absolute Gasteiger partial charge is 0.326 e. The van der Waals surface area contributed by atoms with Crippen molar-refractivity contribution in [1.29, 1.82) is 0 Å². The molecule has 2 aromatic carbocycles. The summed E-state index contributed by atoms with van der Waals surface area (Å²) >= 11 is 0. The molecule has 0 radical (unpaired) electrons. The minimum Gasteiger partial charge on any atom is -0.326 e. The molecule has 2 nitrogen and oxygen atoms in total. The highest BCUT2D eigenvalue weighted by Gasteiger charge is 2.06. The first kappa shape index (κ1) is 13.3. The maximum Gasteiger partial charge on any atom is 0.228 e. The summed E-state index contributed by atoms with van der Waals surface area (Å²) in [6.45, 7) is 6.13. The first-order chi connectivity index (χ1) is 9.04. The Morgan fingerprint density at radius 3 is 2.21 bits per heavy atom. The minimum atomic E-state index is 0.0239. The van der Waals surface area contributed by atoms with Crippen molar-refractivity contribution in [3.63, 3.8) is 0 Å². The molecular formula is C17H19NO. The van der Waals surface area contributed by atoms with Crippen LogP contribution in [0, 0.1) is 20.8 Å². The van der Waals surface area contributed by atoms with Crippen LogP contribution in [0.1, 0.15) is 22.3 Å². The summed E-state index contributed by atoms with van der Waals surface area (Å²) in [5.74, 6) is 0.0239. The third-order valence-corrected chi connectivity index (χ3v) is 3.18. The lowest BCUT2D eigenvalue weighted by Gasteiger charge is -2.08. The van der Waals surface area contributed by atoms with Gasteiger partial charge in [-0.2, -0.15) is 0 Å². The molecule has 0 saturated carbocycles. The van der Waals surface area contributed by atoms with Gasteiger partial charge in [0, 0.05) is 5.69 Å². The monoisotopic (exact) mass is 253 g/mol. The van der Waals surface area contributed by atoms with Gasteiger partial charge in [0.05, 0.1) is 6.42 Å². The normalized spacial score (nSPS) is 10.3. The fourth-order valence-corrected chi connectivity index (χ4v) is 2.06. The molecule has 0 heterocycles. The second kappa shape index (κ2) is 5.70. The van der Waals surface area contributed by atoms with Crippen molar-refractivity contribution in [3.05, 3.63) is 64.7 Å². The maximum atomic E-state index is 12.0. The summed E-state index contributed by atoms with van der Waals surface area (Å²) in [6.07, 6.45) is 0.417. The average Bonchev–Trinajstić information content (AvgIpc) is 2.36. The molecule has 19 heavy (non-hydrogen) atoms. The van der Waals surface area contributed by atoms with E-state index in [1.165, 1.54) is 16.7 Å². The van der Waals surface area contributed by atoms with Crippen LogP contribution >= 0.6 is 0 Å². The van der Waals surface area contributed by atoms with E-state index in [1.54, 1.807) is 0 Å². The van der Waals surface area contributed by atoms with E-state index in [2.05, 4.69) is 18.3 Å². The Bertz CT molecular complexity index is 585. The predicted molar refractivity (Wildman–Crippen MR) is 79.4 cm³/mol. The summed E-state index contributed by atoms with van der Waals surface area (Å²) in [4.78, 5) is 12.0. The van der Waals surface area contributed by atoms with Gasteiger partial charge in [-0.3, -0.25) is 4.79 Å². The second-order valence-electron chi connectivity index (χ2n) is 5.02. The Labute approximate surface area is 114 Å². The molecule has 0 fully saturated rings. The van der Waals surface area contributed by atoms with Gasteiger partial charge in [0.2, 0.25) is 5.91 Å². The molecular weight excluding hydrogens is 234 g/mol. The lowest BCUT2D eigenvalue weighted by molar-refractivity contribution is -0.115. The lowest BCUT2D eigenvalue weighted by atomic mass is 10.0. The van der Waals surface area contributed by atoms with Gasteiger partial charge in [-0.1, -0.05) is 41.5 Å². The standard InChI is InChI=1S/C17H19NO/c1-12-5-8-16(9-6-12)18-17(19)11-15-7-4-13(2)10-14(15)3/h4-10H,11H2,1-3H3,(H,18,19). The number of rotatable bonds is 3. The van der Waals surface area contributed by atoms with Gasteiger partial charge in [-0.15, -0.1) is 0 Å². The molecule has 0 saturated heterocycles. The first-order valence-electron chi connectivity index (χ1n) is 6.47. The molecule has 0 aliphatic heterocycles. The molecule has 0 bridgehead atoms. The van der Waals surface area contributed by atoms with E-state index in [4.69, 9.17) is 0 Å². The summed E-state index contributed by atoms with van der Waals surface area (Å²) in [5, 5.41) is 2.92. The van der Waals surface area contributed by atoms with Crippen LogP contribution in [0.15, 0.2) is 42.5 Å². The zero-order valence-corrected chi connectivity index (χ0v) is 11.7. The number of hydrogen-bond acceptors (Lipinski definition) is 1. The van der Waals surface area contributed by atoms with E-state index in [0.717, 1.165) is 11.3 Å². The quantitative estimate of drug-likeness (QED) is 0.885. The van der Waals surface area contributed by atoms with Crippen LogP contribution < -0.4 is 5.32 Å². The van der Waals surface area contributed by atoms with Crippen LogP contribution in [0.25, 0.3) is 0 Å². The van der Waals surface area contributed by atoms with Crippen molar-refractivity contribution in [1.82, 2.24) is 0 Å². The van der Waals surface area contributed by atoms with Gasteiger partial charge in [-0.25, -0.2) is 0 Å². The smallest absolute Gasteiger partial charge is 0.228 e. The molecule has 0 aliphatic carbocycles. The summed E-state index contributed by atoms with van der Waals surface area (Å²) in [6, 6.07) is 14.0. The highest BCUT2D eigenvalue weighted by Crippen LogP contribution is 2.13. The van der Waals surface area contributed by atoms with E-state index in [9.17, 15) is 4.79 Å². The highest BCUT2D eigenvalue weighted by atomic mass is 16.1. The molecule has 0 aliphatic rings. The fourth-order valence-electron chi connectivity index (χ4n) is 2.06. The zero-order chi connectivity index (χ0) is 13.8. The van der Waals surface area contributed by atoms with Crippen molar-refractivity contribution in [2.45, 2.75) is 27.2 Å². The van der Waals surface area contributed by atoms with Gasteiger partial charge in [0.25, 0.3) is 0 Å². The molecule has 0 spiro atoms.